The Hall–Kier alpha value is -3.24. The number of aromatic nitrogens is 3. The Morgan fingerprint density at radius 2 is 1.87 bits per heavy atom. The second-order valence-corrected chi connectivity index (χ2v) is 8.01. The smallest absolute Gasteiger partial charge is 0.157 e. The number of hydrogen-bond donors (Lipinski definition) is 1. The first-order chi connectivity index (χ1) is 14.5. The summed E-state index contributed by atoms with van der Waals surface area (Å²) in [6, 6.07) is 10.2. The van der Waals surface area contributed by atoms with Crippen molar-refractivity contribution in [1.29, 1.82) is 5.26 Å². The fraction of sp³-hybridized carbons (Fsp3) is 0.391. The van der Waals surface area contributed by atoms with Crippen molar-refractivity contribution in [3.8, 4) is 6.07 Å². The van der Waals surface area contributed by atoms with E-state index in [1.807, 2.05) is 32.2 Å². The van der Waals surface area contributed by atoms with Gasteiger partial charge < -0.3 is 15.1 Å². The van der Waals surface area contributed by atoms with Gasteiger partial charge in [-0.05, 0) is 51.1 Å². The lowest BCUT2D eigenvalue weighted by atomic mass is 9.98. The molecule has 3 aromatic rings. The van der Waals surface area contributed by atoms with Crippen LogP contribution in [0.15, 0.2) is 30.5 Å². The zero-order chi connectivity index (χ0) is 21.3. The van der Waals surface area contributed by atoms with Gasteiger partial charge in [0.05, 0.1) is 23.4 Å². The third-order valence-corrected chi connectivity index (χ3v) is 5.98. The van der Waals surface area contributed by atoms with E-state index in [9.17, 15) is 5.26 Å². The Balaban J connectivity index is 1.69. The monoisotopic (exact) mass is 401 g/mol. The van der Waals surface area contributed by atoms with E-state index in [-0.39, 0.29) is 6.04 Å². The minimum Gasteiger partial charge on any atom is -0.362 e. The average molecular weight is 402 g/mol. The van der Waals surface area contributed by atoms with Crippen molar-refractivity contribution in [2.75, 3.05) is 43.4 Å². The van der Waals surface area contributed by atoms with Gasteiger partial charge in [0.2, 0.25) is 0 Å². The molecule has 1 atom stereocenters. The zero-order valence-electron chi connectivity index (χ0n) is 18.0. The minimum atomic E-state index is -0.0150. The number of benzene rings is 1. The molecule has 7 nitrogen and oxygen atoms in total. The summed E-state index contributed by atoms with van der Waals surface area (Å²) >= 11 is 0. The number of rotatable bonds is 4. The molecule has 0 spiro atoms. The van der Waals surface area contributed by atoms with Crippen LogP contribution in [0.25, 0.3) is 10.8 Å². The van der Waals surface area contributed by atoms with Crippen molar-refractivity contribution >= 4 is 22.4 Å². The van der Waals surface area contributed by atoms with Gasteiger partial charge in [-0.25, -0.2) is 4.98 Å². The molecular formula is C23H27N7. The third kappa shape index (κ3) is 3.79. The highest BCUT2D eigenvalue weighted by atomic mass is 15.3. The first kappa shape index (κ1) is 20.0. The second kappa shape index (κ2) is 8.25. The van der Waals surface area contributed by atoms with E-state index in [0.29, 0.717) is 5.56 Å². The maximum atomic E-state index is 9.35. The third-order valence-electron chi connectivity index (χ3n) is 5.98. The number of nitrogens with one attached hydrogen (secondary N) is 1. The van der Waals surface area contributed by atoms with Gasteiger partial charge >= 0.3 is 0 Å². The molecule has 2 aromatic heterocycles. The molecule has 0 saturated carbocycles. The van der Waals surface area contributed by atoms with Crippen molar-refractivity contribution in [2.45, 2.75) is 26.8 Å². The van der Waals surface area contributed by atoms with Gasteiger partial charge in [-0.2, -0.15) is 10.4 Å². The molecule has 4 rings (SSSR count). The molecule has 1 aromatic carbocycles. The van der Waals surface area contributed by atoms with Crippen LogP contribution in [0, 0.1) is 25.2 Å². The number of aryl methyl sites for hydroxylation is 1. The fourth-order valence-electron chi connectivity index (χ4n) is 4.00. The number of pyridine rings is 1. The first-order valence-corrected chi connectivity index (χ1v) is 10.3. The van der Waals surface area contributed by atoms with Crippen LogP contribution in [-0.4, -0.2) is 53.3 Å². The number of nitriles is 1. The Labute approximate surface area is 177 Å². The van der Waals surface area contributed by atoms with Crippen molar-refractivity contribution in [3.05, 3.63) is 52.8 Å². The highest BCUT2D eigenvalue weighted by Crippen LogP contribution is 2.30. The summed E-state index contributed by atoms with van der Waals surface area (Å²) in [5, 5.41) is 23.7. The van der Waals surface area contributed by atoms with Crippen molar-refractivity contribution in [2.24, 2.45) is 0 Å². The van der Waals surface area contributed by atoms with Crippen molar-refractivity contribution in [1.82, 2.24) is 20.1 Å². The largest absolute Gasteiger partial charge is 0.362 e. The van der Waals surface area contributed by atoms with Gasteiger partial charge in [-0.3, -0.25) is 0 Å². The van der Waals surface area contributed by atoms with Crippen molar-refractivity contribution in [3.63, 3.8) is 0 Å². The van der Waals surface area contributed by atoms with Crippen LogP contribution < -0.4 is 10.2 Å². The van der Waals surface area contributed by atoms with Gasteiger partial charge in [0.1, 0.15) is 5.82 Å². The molecule has 7 heteroatoms. The van der Waals surface area contributed by atoms with E-state index >= 15 is 0 Å². The molecule has 0 bridgehead atoms. The summed E-state index contributed by atoms with van der Waals surface area (Å²) < 4.78 is 0. The normalized spacial score (nSPS) is 15.8. The summed E-state index contributed by atoms with van der Waals surface area (Å²) in [5.74, 6) is 1.71. The topological polar surface area (TPSA) is 81.0 Å². The molecular weight excluding hydrogens is 374 g/mol. The quantitative estimate of drug-likeness (QED) is 0.717. The number of nitrogens with zero attached hydrogens (tertiary/aromatic N) is 6. The van der Waals surface area contributed by atoms with Crippen LogP contribution in [0.4, 0.5) is 11.6 Å². The van der Waals surface area contributed by atoms with E-state index in [4.69, 9.17) is 4.98 Å². The van der Waals surface area contributed by atoms with Gasteiger partial charge in [0.25, 0.3) is 0 Å². The van der Waals surface area contributed by atoms with E-state index in [2.05, 4.69) is 57.5 Å². The fourth-order valence-corrected chi connectivity index (χ4v) is 4.00. The minimum absolute atomic E-state index is 0.0150. The summed E-state index contributed by atoms with van der Waals surface area (Å²) in [4.78, 5) is 9.36. The van der Waals surface area contributed by atoms with Crippen LogP contribution >= 0.6 is 0 Å². The summed E-state index contributed by atoms with van der Waals surface area (Å²) in [6.45, 7) is 10.0. The molecule has 1 aliphatic rings. The Morgan fingerprint density at radius 3 is 2.60 bits per heavy atom. The van der Waals surface area contributed by atoms with Crippen LogP contribution in [0.2, 0.25) is 0 Å². The average Bonchev–Trinajstić information content (AvgIpc) is 2.76. The molecule has 154 valence electrons. The van der Waals surface area contributed by atoms with E-state index in [0.717, 1.165) is 65.4 Å². The standard InChI is InChI=1S/C23H27N7/c1-15-18(13-24)6-5-7-19(15)16(2)26-23-20-12-22(30-10-8-29(4)9-11-30)25-14-21(20)17(3)27-28-23/h5-7,12,14,16H,8-11H2,1-4H3,(H,26,28)/t16-/m1/s1. The molecule has 1 N–H and O–H groups in total. The van der Waals surface area contributed by atoms with Gasteiger partial charge in [-0.1, -0.05) is 12.1 Å². The maximum Gasteiger partial charge on any atom is 0.157 e. The summed E-state index contributed by atoms with van der Waals surface area (Å²) in [5.41, 5.74) is 3.63. The van der Waals surface area contributed by atoms with Gasteiger partial charge in [0.15, 0.2) is 5.82 Å². The number of likely N-dealkylation sites (N-methyl/N-ethyl adjacent to an activating group) is 1. The number of fused-ring (bicyclic) bond motifs is 1. The predicted octanol–water partition coefficient (Wildman–Crippen LogP) is 3.44. The summed E-state index contributed by atoms with van der Waals surface area (Å²) in [7, 11) is 2.15. The molecule has 1 aliphatic heterocycles. The zero-order valence-corrected chi connectivity index (χ0v) is 18.0. The molecule has 0 aliphatic carbocycles. The lowest BCUT2D eigenvalue weighted by molar-refractivity contribution is 0.312. The lowest BCUT2D eigenvalue weighted by Gasteiger charge is -2.33. The molecule has 1 fully saturated rings. The Kier molecular flexibility index (Phi) is 5.51. The van der Waals surface area contributed by atoms with Gasteiger partial charge in [-0.15, -0.1) is 5.10 Å². The van der Waals surface area contributed by atoms with E-state index in [1.54, 1.807) is 0 Å². The van der Waals surface area contributed by atoms with Gasteiger partial charge in [0, 0.05) is 43.1 Å². The summed E-state index contributed by atoms with van der Waals surface area (Å²) in [6.07, 6.45) is 1.91. The van der Waals surface area contributed by atoms with Crippen LogP contribution in [-0.2, 0) is 0 Å². The molecule has 30 heavy (non-hydrogen) atoms. The predicted molar refractivity (Wildman–Crippen MR) is 120 cm³/mol. The number of anilines is 2. The lowest BCUT2D eigenvalue weighted by Crippen LogP contribution is -2.44. The highest BCUT2D eigenvalue weighted by Gasteiger charge is 2.18. The van der Waals surface area contributed by atoms with Crippen LogP contribution in [0.1, 0.15) is 35.3 Å². The molecule has 3 heterocycles. The van der Waals surface area contributed by atoms with E-state index < -0.39 is 0 Å². The second-order valence-electron chi connectivity index (χ2n) is 8.01. The first-order valence-electron chi connectivity index (χ1n) is 10.3. The number of hydrogen-bond acceptors (Lipinski definition) is 7. The molecule has 0 radical (unpaired) electrons. The van der Waals surface area contributed by atoms with E-state index in [1.165, 1.54) is 0 Å². The highest BCUT2D eigenvalue weighted by molar-refractivity contribution is 5.94. The SMILES string of the molecule is Cc1c(C#N)cccc1[C@@H](C)Nc1nnc(C)c2cnc(N3CCN(C)CC3)cc12. The van der Waals surface area contributed by atoms with Crippen LogP contribution in [0.5, 0.6) is 0 Å². The Bertz CT molecular complexity index is 1110. The molecule has 1 saturated heterocycles. The molecule has 0 amide bonds. The maximum absolute atomic E-state index is 9.35. The number of piperazine rings is 1. The van der Waals surface area contributed by atoms with Crippen molar-refractivity contribution < 1.29 is 0 Å². The molecule has 0 unspecified atom stereocenters. The van der Waals surface area contributed by atoms with Crippen LogP contribution in [0.3, 0.4) is 0 Å². The Morgan fingerprint density at radius 1 is 1.10 bits per heavy atom.